The molecule has 0 bridgehead atoms. The molecule has 0 aliphatic rings. The van der Waals surface area contributed by atoms with Crippen LogP contribution in [0.5, 0.6) is 0 Å². The molecule has 0 aliphatic carbocycles. The standard InChI is InChI=1S/C17H27N3O2.ClH/c1-13-12-14(9-10-15(13)17(22)20(2)3)19-16(21)8-6-4-5-7-11-18;/h9-10,12H,4-8,11,18H2,1-3H3,(H,19,21);1H. The summed E-state index contributed by atoms with van der Waals surface area (Å²) in [6.45, 7) is 2.59. The number of hydrogen-bond acceptors (Lipinski definition) is 3. The maximum absolute atomic E-state index is 12.0. The molecule has 1 rings (SSSR count). The van der Waals surface area contributed by atoms with Crippen molar-refractivity contribution < 1.29 is 9.59 Å². The smallest absolute Gasteiger partial charge is 0.253 e. The van der Waals surface area contributed by atoms with E-state index in [2.05, 4.69) is 5.32 Å². The van der Waals surface area contributed by atoms with Crippen molar-refractivity contribution in [2.24, 2.45) is 5.73 Å². The molecule has 0 spiro atoms. The van der Waals surface area contributed by atoms with E-state index in [0.717, 1.165) is 36.9 Å². The van der Waals surface area contributed by atoms with Crippen LogP contribution < -0.4 is 11.1 Å². The molecule has 0 fully saturated rings. The van der Waals surface area contributed by atoms with Gasteiger partial charge in [0.2, 0.25) is 5.91 Å². The first-order valence-corrected chi connectivity index (χ1v) is 7.78. The Morgan fingerprint density at radius 2 is 1.78 bits per heavy atom. The van der Waals surface area contributed by atoms with E-state index in [-0.39, 0.29) is 24.2 Å². The third-order valence-electron chi connectivity index (χ3n) is 3.50. The Labute approximate surface area is 145 Å². The Bertz CT molecular complexity index is 519. The SMILES string of the molecule is Cc1cc(NC(=O)CCCCCCN)ccc1C(=O)N(C)C.Cl. The number of halogens is 1. The normalized spacial score (nSPS) is 9.91. The predicted octanol–water partition coefficient (Wildman–Crippen LogP) is 2.97. The fourth-order valence-corrected chi connectivity index (χ4v) is 2.23. The van der Waals surface area contributed by atoms with Gasteiger partial charge in [-0.15, -0.1) is 12.4 Å². The van der Waals surface area contributed by atoms with Gasteiger partial charge in [-0.25, -0.2) is 0 Å². The summed E-state index contributed by atoms with van der Waals surface area (Å²) >= 11 is 0. The van der Waals surface area contributed by atoms with E-state index in [0.29, 0.717) is 18.5 Å². The minimum Gasteiger partial charge on any atom is -0.345 e. The number of anilines is 1. The zero-order valence-corrected chi connectivity index (χ0v) is 15.0. The van der Waals surface area contributed by atoms with Crippen LogP contribution in [0.2, 0.25) is 0 Å². The number of benzene rings is 1. The number of nitrogens with zero attached hydrogens (tertiary/aromatic N) is 1. The number of rotatable bonds is 8. The molecule has 3 N–H and O–H groups in total. The van der Waals surface area contributed by atoms with Gasteiger partial charge in [-0.3, -0.25) is 9.59 Å². The molecule has 0 unspecified atom stereocenters. The summed E-state index contributed by atoms with van der Waals surface area (Å²) in [6.07, 6.45) is 4.51. The zero-order valence-electron chi connectivity index (χ0n) is 14.2. The summed E-state index contributed by atoms with van der Waals surface area (Å²) in [6, 6.07) is 5.37. The molecule has 0 aromatic heterocycles. The van der Waals surface area contributed by atoms with Gasteiger partial charge in [-0.2, -0.15) is 0 Å². The van der Waals surface area contributed by atoms with Crippen molar-refractivity contribution in [1.82, 2.24) is 4.90 Å². The van der Waals surface area contributed by atoms with Gasteiger partial charge in [0.1, 0.15) is 0 Å². The van der Waals surface area contributed by atoms with E-state index < -0.39 is 0 Å². The van der Waals surface area contributed by atoms with E-state index in [4.69, 9.17) is 5.73 Å². The average molecular weight is 342 g/mol. The summed E-state index contributed by atoms with van der Waals surface area (Å²) in [4.78, 5) is 25.4. The van der Waals surface area contributed by atoms with Crippen LogP contribution in [-0.2, 0) is 4.79 Å². The lowest BCUT2D eigenvalue weighted by Gasteiger charge is -2.13. The molecule has 0 radical (unpaired) electrons. The Kier molecular flexibility index (Phi) is 10.3. The van der Waals surface area contributed by atoms with Gasteiger partial charge in [0.05, 0.1) is 0 Å². The van der Waals surface area contributed by atoms with Crippen LogP contribution >= 0.6 is 12.4 Å². The summed E-state index contributed by atoms with van der Waals surface area (Å²) in [5, 5.41) is 2.88. The number of unbranched alkanes of at least 4 members (excludes halogenated alkanes) is 3. The van der Waals surface area contributed by atoms with Crippen LogP contribution in [0.4, 0.5) is 5.69 Å². The fourth-order valence-electron chi connectivity index (χ4n) is 2.23. The summed E-state index contributed by atoms with van der Waals surface area (Å²) in [7, 11) is 3.45. The van der Waals surface area contributed by atoms with Crippen molar-refractivity contribution in [1.29, 1.82) is 0 Å². The van der Waals surface area contributed by atoms with E-state index in [9.17, 15) is 9.59 Å². The van der Waals surface area contributed by atoms with Crippen molar-refractivity contribution in [2.45, 2.75) is 39.0 Å². The molecule has 2 amide bonds. The van der Waals surface area contributed by atoms with E-state index in [1.165, 1.54) is 0 Å². The molecule has 0 saturated heterocycles. The van der Waals surface area contributed by atoms with Crippen LogP contribution in [0.25, 0.3) is 0 Å². The highest BCUT2D eigenvalue weighted by molar-refractivity contribution is 5.97. The Morgan fingerprint density at radius 1 is 1.13 bits per heavy atom. The lowest BCUT2D eigenvalue weighted by atomic mass is 10.1. The number of amides is 2. The van der Waals surface area contributed by atoms with Crippen molar-refractivity contribution in [3.8, 4) is 0 Å². The van der Waals surface area contributed by atoms with Gasteiger partial charge in [-0.05, 0) is 50.1 Å². The van der Waals surface area contributed by atoms with Gasteiger partial charge in [0, 0.05) is 31.8 Å². The van der Waals surface area contributed by atoms with Crippen molar-refractivity contribution in [3.63, 3.8) is 0 Å². The first kappa shape index (κ1) is 21.4. The van der Waals surface area contributed by atoms with Crippen LogP contribution in [-0.4, -0.2) is 37.4 Å². The third kappa shape index (κ3) is 7.48. The van der Waals surface area contributed by atoms with E-state index in [1.54, 1.807) is 31.1 Å². The maximum atomic E-state index is 12.0. The highest BCUT2D eigenvalue weighted by atomic mass is 35.5. The summed E-state index contributed by atoms with van der Waals surface area (Å²) in [5.74, 6) is -0.0193. The quantitative estimate of drug-likeness (QED) is 0.714. The predicted molar refractivity (Wildman–Crippen MR) is 97.2 cm³/mol. The van der Waals surface area contributed by atoms with Gasteiger partial charge in [0.15, 0.2) is 0 Å². The molecule has 0 atom stereocenters. The molecular weight excluding hydrogens is 314 g/mol. The molecule has 6 heteroatoms. The second-order valence-corrected chi connectivity index (χ2v) is 5.73. The molecule has 130 valence electrons. The number of nitrogens with one attached hydrogen (secondary N) is 1. The van der Waals surface area contributed by atoms with Crippen LogP contribution in [0, 0.1) is 6.92 Å². The number of carbonyl (C=O) groups excluding carboxylic acids is 2. The molecule has 1 aromatic rings. The van der Waals surface area contributed by atoms with Crippen LogP contribution in [0.15, 0.2) is 18.2 Å². The molecule has 23 heavy (non-hydrogen) atoms. The van der Waals surface area contributed by atoms with Gasteiger partial charge < -0.3 is 16.0 Å². The number of aryl methyl sites for hydroxylation is 1. The Morgan fingerprint density at radius 3 is 2.35 bits per heavy atom. The van der Waals surface area contributed by atoms with Crippen LogP contribution in [0.3, 0.4) is 0 Å². The minimum atomic E-state index is -0.0321. The van der Waals surface area contributed by atoms with Crippen molar-refractivity contribution in [2.75, 3.05) is 26.0 Å². The van der Waals surface area contributed by atoms with Crippen molar-refractivity contribution in [3.05, 3.63) is 29.3 Å². The molecule has 0 aliphatic heterocycles. The van der Waals surface area contributed by atoms with Crippen molar-refractivity contribution >= 4 is 29.9 Å². The molecule has 1 aromatic carbocycles. The lowest BCUT2D eigenvalue weighted by molar-refractivity contribution is -0.116. The van der Waals surface area contributed by atoms with E-state index in [1.807, 2.05) is 13.0 Å². The molecular formula is C17H28ClN3O2. The zero-order chi connectivity index (χ0) is 16.5. The highest BCUT2D eigenvalue weighted by Crippen LogP contribution is 2.17. The molecule has 0 heterocycles. The maximum Gasteiger partial charge on any atom is 0.253 e. The third-order valence-corrected chi connectivity index (χ3v) is 3.50. The Balaban J connectivity index is 0.00000484. The minimum absolute atomic E-state index is 0. The van der Waals surface area contributed by atoms with Gasteiger partial charge >= 0.3 is 0 Å². The first-order chi connectivity index (χ1) is 10.5. The highest BCUT2D eigenvalue weighted by Gasteiger charge is 2.12. The second-order valence-electron chi connectivity index (χ2n) is 5.73. The monoisotopic (exact) mass is 341 g/mol. The second kappa shape index (κ2) is 11.0. The first-order valence-electron chi connectivity index (χ1n) is 7.78. The number of carbonyl (C=O) groups is 2. The van der Waals surface area contributed by atoms with E-state index >= 15 is 0 Å². The topological polar surface area (TPSA) is 75.4 Å². The molecule has 0 saturated carbocycles. The van der Waals surface area contributed by atoms with Gasteiger partial charge in [0.25, 0.3) is 5.91 Å². The van der Waals surface area contributed by atoms with Gasteiger partial charge in [-0.1, -0.05) is 12.8 Å². The lowest BCUT2D eigenvalue weighted by Crippen LogP contribution is -2.22. The largest absolute Gasteiger partial charge is 0.345 e. The number of nitrogens with two attached hydrogens (primary N) is 1. The molecule has 5 nitrogen and oxygen atoms in total. The summed E-state index contributed by atoms with van der Waals surface area (Å²) in [5.41, 5.74) is 7.69. The number of hydrogen-bond donors (Lipinski definition) is 2. The van der Waals surface area contributed by atoms with Crippen LogP contribution in [0.1, 0.15) is 48.0 Å². The average Bonchev–Trinajstić information content (AvgIpc) is 2.46. The Hall–Kier alpha value is -1.59. The summed E-state index contributed by atoms with van der Waals surface area (Å²) < 4.78 is 0. The fraction of sp³-hybridized carbons (Fsp3) is 0.529.